The third kappa shape index (κ3) is 2.76. The molecule has 0 aliphatic carbocycles. The number of carbonyl (C=O) groups is 1. The Kier molecular flexibility index (Phi) is 3.97. The molecule has 0 radical (unpaired) electrons. The van der Waals surface area contributed by atoms with E-state index in [1.54, 1.807) is 24.3 Å². The minimum Gasteiger partial charge on any atom is -0.494 e. The standard InChI is InChI=1S/C13H11F2NO4/c1-2-19-8-5-3-7(4-6-8)12-16-9(11(14)15)10(20-12)13(17)18/h3-6,11H,2H2,1H3,(H,17,18). The second kappa shape index (κ2) is 5.68. The highest BCUT2D eigenvalue weighted by Gasteiger charge is 2.26. The monoisotopic (exact) mass is 283 g/mol. The maximum absolute atomic E-state index is 12.7. The van der Waals surface area contributed by atoms with Gasteiger partial charge in [0.2, 0.25) is 11.7 Å². The smallest absolute Gasteiger partial charge is 0.374 e. The van der Waals surface area contributed by atoms with Crippen LogP contribution in [0.1, 0.15) is 29.6 Å². The fourth-order valence-corrected chi connectivity index (χ4v) is 1.62. The van der Waals surface area contributed by atoms with Gasteiger partial charge in [-0.2, -0.15) is 0 Å². The van der Waals surface area contributed by atoms with Crippen molar-refractivity contribution in [1.82, 2.24) is 4.98 Å². The van der Waals surface area contributed by atoms with Gasteiger partial charge in [0, 0.05) is 5.56 Å². The molecule has 0 aliphatic rings. The Morgan fingerprint density at radius 1 is 1.40 bits per heavy atom. The zero-order valence-electron chi connectivity index (χ0n) is 10.5. The number of benzene rings is 1. The van der Waals surface area contributed by atoms with Crippen molar-refractivity contribution in [2.75, 3.05) is 6.61 Å². The Labute approximate surface area is 112 Å². The molecular weight excluding hydrogens is 272 g/mol. The summed E-state index contributed by atoms with van der Waals surface area (Å²) in [5, 5.41) is 8.80. The number of halogens is 2. The quantitative estimate of drug-likeness (QED) is 0.910. The SMILES string of the molecule is CCOc1ccc(-c2nc(C(F)F)c(C(=O)O)o2)cc1. The molecule has 1 N–H and O–H groups in total. The molecule has 0 fully saturated rings. The van der Waals surface area contributed by atoms with E-state index >= 15 is 0 Å². The minimum absolute atomic E-state index is 0.166. The highest BCUT2D eigenvalue weighted by Crippen LogP contribution is 2.29. The average Bonchev–Trinajstić information content (AvgIpc) is 2.85. The number of oxazole rings is 1. The third-order valence-electron chi connectivity index (χ3n) is 2.47. The van der Waals surface area contributed by atoms with Crippen molar-refractivity contribution in [2.24, 2.45) is 0 Å². The zero-order chi connectivity index (χ0) is 14.7. The van der Waals surface area contributed by atoms with E-state index in [9.17, 15) is 13.6 Å². The molecule has 0 saturated carbocycles. The predicted octanol–water partition coefficient (Wildman–Crippen LogP) is 3.38. The maximum atomic E-state index is 12.7. The number of nitrogens with zero attached hydrogens (tertiary/aromatic N) is 1. The van der Waals surface area contributed by atoms with Crippen LogP contribution < -0.4 is 4.74 Å². The minimum atomic E-state index is -3.01. The topological polar surface area (TPSA) is 72.6 Å². The van der Waals surface area contributed by atoms with E-state index < -0.39 is 23.8 Å². The van der Waals surface area contributed by atoms with Gasteiger partial charge in [-0.3, -0.25) is 0 Å². The number of aromatic nitrogens is 1. The van der Waals surface area contributed by atoms with Gasteiger partial charge in [0.15, 0.2) is 5.69 Å². The van der Waals surface area contributed by atoms with E-state index in [0.717, 1.165) is 0 Å². The number of alkyl halides is 2. The predicted molar refractivity (Wildman–Crippen MR) is 65.0 cm³/mol. The molecule has 1 aromatic carbocycles. The van der Waals surface area contributed by atoms with Gasteiger partial charge in [0.25, 0.3) is 6.43 Å². The van der Waals surface area contributed by atoms with Crippen LogP contribution >= 0.6 is 0 Å². The van der Waals surface area contributed by atoms with Crippen molar-refractivity contribution in [3.63, 3.8) is 0 Å². The molecule has 5 nitrogen and oxygen atoms in total. The lowest BCUT2D eigenvalue weighted by atomic mass is 10.2. The van der Waals surface area contributed by atoms with E-state index in [4.69, 9.17) is 14.3 Å². The Balaban J connectivity index is 2.37. The Morgan fingerprint density at radius 2 is 2.05 bits per heavy atom. The van der Waals surface area contributed by atoms with Crippen LogP contribution in [-0.4, -0.2) is 22.7 Å². The van der Waals surface area contributed by atoms with E-state index in [1.165, 1.54) is 0 Å². The van der Waals surface area contributed by atoms with Gasteiger partial charge in [0.05, 0.1) is 6.61 Å². The first-order valence-corrected chi connectivity index (χ1v) is 5.78. The first kappa shape index (κ1) is 14.0. The van der Waals surface area contributed by atoms with Crippen molar-refractivity contribution in [1.29, 1.82) is 0 Å². The Bertz CT molecular complexity index is 607. The molecular formula is C13H11F2NO4. The van der Waals surface area contributed by atoms with Crippen LogP contribution in [0.5, 0.6) is 5.75 Å². The molecule has 0 atom stereocenters. The van der Waals surface area contributed by atoms with Gasteiger partial charge < -0.3 is 14.3 Å². The first-order chi connectivity index (χ1) is 9.52. The van der Waals surface area contributed by atoms with Crippen LogP contribution in [0, 0.1) is 0 Å². The second-order valence-electron chi connectivity index (χ2n) is 3.80. The molecule has 0 amide bonds. The fraction of sp³-hybridized carbons (Fsp3) is 0.231. The number of hydrogen-bond donors (Lipinski definition) is 1. The summed E-state index contributed by atoms with van der Waals surface area (Å²) in [4.78, 5) is 14.4. The molecule has 0 saturated heterocycles. The van der Waals surface area contributed by atoms with Gasteiger partial charge >= 0.3 is 5.97 Å². The number of hydrogen-bond acceptors (Lipinski definition) is 4. The van der Waals surface area contributed by atoms with Crippen molar-refractivity contribution < 1.29 is 27.8 Å². The van der Waals surface area contributed by atoms with Gasteiger partial charge in [-0.1, -0.05) is 0 Å². The lowest BCUT2D eigenvalue weighted by molar-refractivity contribution is 0.0647. The molecule has 0 aliphatic heterocycles. The Hall–Kier alpha value is -2.44. The number of aromatic carboxylic acids is 1. The van der Waals surface area contributed by atoms with Crippen LogP contribution in [0.15, 0.2) is 28.7 Å². The number of rotatable bonds is 5. The van der Waals surface area contributed by atoms with E-state index in [2.05, 4.69) is 4.98 Å². The maximum Gasteiger partial charge on any atom is 0.374 e. The molecule has 2 rings (SSSR count). The zero-order valence-corrected chi connectivity index (χ0v) is 10.5. The van der Waals surface area contributed by atoms with Gasteiger partial charge in [0.1, 0.15) is 5.75 Å². The summed E-state index contributed by atoms with van der Waals surface area (Å²) < 4.78 is 35.5. The second-order valence-corrected chi connectivity index (χ2v) is 3.80. The molecule has 0 bridgehead atoms. The highest BCUT2D eigenvalue weighted by molar-refractivity contribution is 5.86. The lowest BCUT2D eigenvalue weighted by Gasteiger charge is -2.02. The van der Waals surface area contributed by atoms with Crippen LogP contribution in [-0.2, 0) is 0 Å². The molecule has 0 unspecified atom stereocenters. The van der Waals surface area contributed by atoms with Crippen molar-refractivity contribution in [2.45, 2.75) is 13.3 Å². The largest absolute Gasteiger partial charge is 0.494 e. The molecule has 2 aromatic rings. The summed E-state index contributed by atoms with van der Waals surface area (Å²) >= 11 is 0. The molecule has 7 heteroatoms. The summed E-state index contributed by atoms with van der Waals surface area (Å²) in [6, 6.07) is 6.34. The molecule has 1 heterocycles. The average molecular weight is 283 g/mol. The first-order valence-electron chi connectivity index (χ1n) is 5.78. The lowest BCUT2D eigenvalue weighted by Crippen LogP contribution is -1.99. The molecule has 1 aromatic heterocycles. The summed E-state index contributed by atoms with van der Waals surface area (Å²) in [5.41, 5.74) is -0.482. The fourth-order valence-electron chi connectivity index (χ4n) is 1.62. The number of carboxylic acid groups (broad SMARTS) is 1. The van der Waals surface area contributed by atoms with E-state index in [1.807, 2.05) is 6.92 Å². The molecule has 0 spiro atoms. The highest BCUT2D eigenvalue weighted by atomic mass is 19.3. The third-order valence-corrected chi connectivity index (χ3v) is 2.47. The van der Waals surface area contributed by atoms with Crippen LogP contribution in [0.4, 0.5) is 8.78 Å². The van der Waals surface area contributed by atoms with Gasteiger partial charge in [-0.25, -0.2) is 18.6 Å². The van der Waals surface area contributed by atoms with Crippen LogP contribution in [0.3, 0.4) is 0 Å². The summed E-state index contributed by atoms with van der Waals surface area (Å²) in [5.74, 6) is -1.98. The Morgan fingerprint density at radius 3 is 2.50 bits per heavy atom. The summed E-state index contributed by atoms with van der Waals surface area (Å²) in [7, 11) is 0. The normalized spacial score (nSPS) is 10.8. The van der Waals surface area contributed by atoms with Crippen molar-refractivity contribution in [3.8, 4) is 17.2 Å². The van der Waals surface area contributed by atoms with E-state index in [-0.39, 0.29) is 5.89 Å². The van der Waals surface area contributed by atoms with Crippen molar-refractivity contribution >= 4 is 5.97 Å². The number of ether oxygens (including phenoxy) is 1. The van der Waals surface area contributed by atoms with Crippen molar-refractivity contribution in [3.05, 3.63) is 35.7 Å². The van der Waals surface area contributed by atoms with Gasteiger partial charge in [-0.05, 0) is 31.2 Å². The summed E-state index contributed by atoms with van der Waals surface area (Å²) in [6.07, 6.45) is -3.01. The van der Waals surface area contributed by atoms with Crippen LogP contribution in [0.25, 0.3) is 11.5 Å². The van der Waals surface area contributed by atoms with E-state index in [0.29, 0.717) is 17.9 Å². The van der Waals surface area contributed by atoms with Crippen LogP contribution in [0.2, 0.25) is 0 Å². The van der Waals surface area contributed by atoms with Gasteiger partial charge in [-0.15, -0.1) is 0 Å². The molecule has 106 valence electrons. The molecule has 20 heavy (non-hydrogen) atoms. The summed E-state index contributed by atoms with van der Waals surface area (Å²) in [6.45, 7) is 2.33. The number of carboxylic acids is 1.